The van der Waals surface area contributed by atoms with Crippen LogP contribution in [0, 0.1) is 10.1 Å². The number of nitrogens with zero attached hydrogens (tertiary/aromatic N) is 4. The van der Waals surface area contributed by atoms with Gasteiger partial charge in [-0.15, -0.1) is 0 Å². The number of carbonyl (C=O) groups excluding carboxylic acids is 3. The zero-order valence-electron chi connectivity index (χ0n) is 16.5. The van der Waals surface area contributed by atoms with Gasteiger partial charge in [0.2, 0.25) is 5.91 Å². The third-order valence-electron chi connectivity index (χ3n) is 5.53. The predicted octanol–water partition coefficient (Wildman–Crippen LogP) is 2.58. The molecule has 1 saturated heterocycles. The van der Waals surface area contributed by atoms with Crippen LogP contribution >= 0.6 is 11.6 Å². The molecule has 0 radical (unpaired) electrons. The third kappa shape index (κ3) is 3.96. The smallest absolute Gasteiger partial charge is 0.282 e. The first-order chi connectivity index (χ1) is 14.9. The topological polar surface area (TPSA) is 104 Å². The number of imide groups is 1. The molecule has 0 bridgehead atoms. The van der Waals surface area contributed by atoms with Gasteiger partial charge in [-0.3, -0.25) is 29.4 Å². The molecule has 2 aromatic carbocycles. The number of benzene rings is 2. The minimum Gasteiger partial charge on any atom is -0.368 e. The van der Waals surface area contributed by atoms with Crippen molar-refractivity contribution in [3.8, 4) is 0 Å². The van der Waals surface area contributed by atoms with E-state index in [-0.39, 0.29) is 30.0 Å². The molecule has 0 N–H and O–H groups in total. The van der Waals surface area contributed by atoms with Crippen LogP contribution in [0.25, 0.3) is 0 Å². The standard InChI is InChI=1S/C21H19ClN4O5/c22-14-3-1-4-15(13-14)23-9-11-24(12-10-23)18(27)7-8-25-20(28)16-5-2-6-17(26(30)31)19(16)21(25)29/h1-6,13H,7-12H2. The zero-order chi connectivity index (χ0) is 22.1. The van der Waals surface area contributed by atoms with Crippen molar-refractivity contribution in [2.45, 2.75) is 6.42 Å². The summed E-state index contributed by atoms with van der Waals surface area (Å²) in [6.07, 6.45) is -0.0313. The Morgan fingerprint density at radius 2 is 1.74 bits per heavy atom. The molecule has 2 aromatic rings. The Balaban J connectivity index is 1.35. The Morgan fingerprint density at radius 1 is 1.03 bits per heavy atom. The van der Waals surface area contributed by atoms with Crippen LogP contribution in [0.4, 0.5) is 11.4 Å². The van der Waals surface area contributed by atoms with E-state index in [1.165, 1.54) is 18.2 Å². The number of anilines is 1. The van der Waals surface area contributed by atoms with Crippen LogP contribution in [0.2, 0.25) is 5.02 Å². The van der Waals surface area contributed by atoms with E-state index in [1.54, 1.807) is 11.0 Å². The third-order valence-corrected chi connectivity index (χ3v) is 5.76. The molecule has 0 aromatic heterocycles. The van der Waals surface area contributed by atoms with E-state index >= 15 is 0 Å². The lowest BCUT2D eigenvalue weighted by molar-refractivity contribution is -0.385. The number of hydrogen-bond acceptors (Lipinski definition) is 6. The molecule has 2 aliphatic rings. The highest BCUT2D eigenvalue weighted by atomic mass is 35.5. The summed E-state index contributed by atoms with van der Waals surface area (Å²) < 4.78 is 0. The van der Waals surface area contributed by atoms with Crippen molar-refractivity contribution in [2.24, 2.45) is 0 Å². The predicted molar refractivity (Wildman–Crippen MR) is 113 cm³/mol. The summed E-state index contributed by atoms with van der Waals surface area (Å²) in [4.78, 5) is 53.0. The van der Waals surface area contributed by atoms with Crippen molar-refractivity contribution in [3.05, 3.63) is 68.7 Å². The van der Waals surface area contributed by atoms with E-state index in [2.05, 4.69) is 4.90 Å². The molecule has 0 unspecified atom stereocenters. The van der Waals surface area contributed by atoms with E-state index < -0.39 is 22.4 Å². The maximum absolute atomic E-state index is 12.6. The normalized spacial score (nSPS) is 16.0. The van der Waals surface area contributed by atoms with Crippen LogP contribution in [0.15, 0.2) is 42.5 Å². The number of fused-ring (bicyclic) bond motifs is 1. The van der Waals surface area contributed by atoms with E-state index in [0.29, 0.717) is 31.2 Å². The van der Waals surface area contributed by atoms with Gasteiger partial charge in [0.05, 0.1) is 10.5 Å². The minimum atomic E-state index is -0.731. The van der Waals surface area contributed by atoms with E-state index in [0.717, 1.165) is 10.6 Å². The molecule has 160 valence electrons. The lowest BCUT2D eigenvalue weighted by atomic mass is 10.1. The van der Waals surface area contributed by atoms with Crippen LogP contribution in [-0.2, 0) is 4.79 Å². The lowest BCUT2D eigenvalue weighted by Gasteiger charge is -2.36. The summed E-state index contributed by atoms with van der Waals surface area (Å²) in [6.45, 7) is 2.20. The van der Waals surface area contributed by atoms with E-state index in [1.807, 2.05) is 18.2 Å². The summed E-state index contributed by atoms with van der Waals surface area (Å²) in [5, 5.41) is 11.8. The van der Waals surface area contributed by atoms with E-state index in [9.17, 15) is 24.5 Å². The first kappa shape index (κ1) is 20.8. The van der Waals surface area contributed by atoms with Crippen molar-refractivity contribution in [1.82, 2.24) is 9.80 Å². The average molecular weight is 443 g/mol. The van der Waals surface area contributed by atoms with Gasteiger partial charge in [0.1, 0.15) is 5.56 Å². The van der Waals surface area contributed by atoms with Gasteiger partial charge in [0, 0.05) is 55.9 Å². The second-order valence-corrected chi connectivity index (χ2v) is 7.75. The number of carbonyl (C=O) groups is 3. The maximum Gasteiger partial charge on any atom is 0.282 e. The van der Waals surface area contributed by atoms with Gasteiger partial charge in [0.15, 0.2) is 0 Å². The molecule has 0 aliphatic carbocycles. The van der Waals surface area contributed by atoms with Gasteiger partial charge < -0.3 is 9.80 Å². The first-order valence-corrected chi connectivity index (χ1v) is 10.2. The molecule has 2 heterocycles. The van der Waals surface area contributed by atoms with Gasteiger partial charge in [-0.1, -0.05) is 23.7 Å². The Labute approximate surface area is 182 Å². The average Bonchev–Trinajstić information content (AvgIpc) is 3.02. The molecule has 10 heteroatoms. The van der Waals surface area contributed by atoms with Gasteiger partial charge in [-0.05, 0) is 24.3 Å². The molecule has 3 amide bonds. The van der Waals surface area contributed by atoms with Gasteiger partial charge >= 0.3 is 0 Å². The van der Waals surface area contributed by atoms with Crippen molar-refractivity contribution in [2.75, 3.05) is 37.6 Å². The van der Waals surface area contributed by atoms with Crippen LogP contribution in [0.1, 0.15) is 27.1 Å². The minimum absolute atomic E-state index is 0.00165. The molecule has 0 atom stereocenters. The molecular formula is C21H19ClN4O5. The molecule has 0 saturated carbocycles. The number of rotatable bonds is 5. The lowest BCUT2D eigenvalue weighted by Crippen LogP contribution is -2.49. The van der Waals surface area contributed by atoms with Gasteiger partial charge in [-0.2, -0.15) is 0 Å². The van der Waals surface area contributed by atoms with Crippen molar-refractivity contribution in [1.29, 1.82) is 0 Å². The van der Waals surface area contributed by atoms with Crippen LogP contribution < -0.4 is 4.90 Å². The molecule has 0 spiro atoms. The van der Waals surface area contributed by atoms with Crippen molar-refractivity contribution >= 4 is 40.7 Å². The molecule has 31 heavy (non-hydrogen) atoms. The SMILES string of the molecule is O=C(CCN1C(=O)c2cccc([N+](=O)[O-])c2C1=O)N1CCN(c2cccc(Cl)c2)CC1. The second-order valence-electron chi connectivity index (χ2n) is 7.32. The van der Waals surface area contributed by atoms with E-state index in [4.69, 9.17) is 11.6 Å². The number of hydrogen-bond donors (Lipinski definition) is 0. The Bertz CT molecular complexity index is 1080. The largest absolute Gasteiger partial charge is 0.368 e. The Hall–Kier alpha value is -3.46. The molecule has 2 aliphatic heterocycles. The Kier molecular flexibility index (Phi) is 5.60. The Morgan fingerprint density at radius 3 is 2.42 bits per heavy atom. The summed E-state index contributed by atoms with van der Waals surface area (Å²) in [7, 11) is 0. The fourth-order valence-electron chi connectivity index (χ4n) is 3.92. The highest BCUT2D eigenvalue weighted by Crippen LogP contribution is 2.30. The molecule has 9 nitrogen and oxygen atoms in total. The van der Waals surface area contributed by atoms with Crippen LogP contribution in [0.3, 0.4) is 0 Å². The molecular weight excluding hydrogens is 424 g/mol. The second kappa shape index (κ2) is 8.35. The highest BCUT2D eigenvalue weighted by Gasteiger charge is 2.41. The molecule has 4 rings (SSSR count). The van der Waals surface area contributed by atoms with Crippen LogP contribution in [-0.4, -0.2) is 65.2 Å². The maximum atomic E-state index is 12.6. The number of nitro groups is 1. The molecule has 1 fully saturated rings. The summed E-state index contributed by atoms with van der Waals surface area (Å²) in [6, 6.07) is 11.5. The number of halogens is 1. The fourth-order valence-corrected chi connectivity index (χ4v) is 4.11. The highest BCUT2D eigenvalue weighted by molar-refractivity contribution is 6.30. The monoisotopic (exact) mass is 442 g/mol. The van der Waals surface area contributed by atoms with Crippen LogP contribution in [0.5, 0.6) is 0 Å². The number of piperazine rings is 1. The van der Waals surface area contributed by atoms with Crippen molar-refractivity contribution in [3.63, 3.8) is 0 Å². The number of nitro benzene ring substituents is 1. The fraction of sp³-hybridized carbons (Fsp3) is 0.286. The quantitative estimate of drug-likeness (QED) is 0.400. The summed E-state index contributed by atoms with van der Waals surface area (Å²) >= 11 is 6.04. The van der Waals surface area contributed by atoms with Gasteiger partial charge in [0.25, 0.3) is 17.5 Å². The van der Waals surface area contributed by atoms with Gasteiger partial charge in [-0.25, -0.2) is 0 Å². The summed E-state index contributed by atoms with van der Waals surface area (Å²) in [5.74, 6) is -1.51. The number of amides is 3. The first-order valence-electron chi connectivity index (χ1n) is 9.78. The van der Waals surface area contributed by atoms with Crippen molar-refractivity contribution < 1.29 is 19.3 Å². The summed E-state index contributed by atoms with van der Waals surface area (Å²) in [5.41, 5.74) is 0.385. The zero-order valence-corrected chi connectivity index (χ0v) is 17.2.